The SMILES string of the molecule is CC(C)=CCCC(C)=CCC1CC23CC(CC=C(C)C)C(C)(C)OC2=C(C(=O)c2ccc(O)c(O)c2)C(=O)C(CC=C(C)C)(C3=O)C1(C)C. The molecule has 49 heavy (non-hydrogen) atoms. The van der Waals surface area contributed by atoms with Crippen LogP contribution in [0.15, 0.2) is 76.1 Å². The second kappa shape index (κ2) is 13.9. The van der Waals surface area contributed by atoms with Crippen molar-refractivity contribution in [3.05, 3.63) is 81.7 Å². The van der Waals surface area contributed by atoms with Crippen LogP contribution in [0.2, 0.25) is 0 Å². The second-order valence-electron chi connectivity index (χ2n) is 16.7. The fraction of sp³-hybridized carbons (Fsp3) is 0.558. The van der Waals surface area contributed by atoms with Crippen LogP contribution in [-0.4, -0.2) is 33.2 Å². The van der Waals surface area contributed by atoms with Crippen molar-refractivity contribution < 1.29 is 29.3 Å². The Morgan fingerprint density at radius 3 is 2.00 bits per heavy atom. The lowest BCUT2D eigenvalue weighted by Gasteiger charge is -2.64. The number of carbonyl (C=O) groups is 3. The summed E-state index contributed by atoms with van der Waals surface area (Å²) in [6, 6.07) is 3.83. The van der Waals surface area contributed by atoms with Gasteiger partial charge in [-0.2, -0.15) is 0 Å². The number of allylic oxidation sites excluding steroid dienone is 10. The van der Waals surface area contributed by atoms with Crippen LogP contribution in [0.25, 0.3) is 0 Å². The van der Waals surface area contributed by atoms with Gasteiger partial charge in [0.05, 0.1) is 5.41 Å². The molecule has 0 amide bonds. The van der Waals surface area contributed by atoms with Crippen molar-refractivity contribution in [3.63, 3.8) is 0 Å². The minimum Gasteiger partial charge on any atom is -0.504 e. The lowest BCUT2D eigenvalue weighted by Crippen LogP contribution is -2.69. The quantitative estimate of drug-likeness (QED) is 0.0799. The van der Waals surface area contributed by atoms with E-state index >= 15 is 9.59 Å². The molecule has 2 N–H and O–H groups in total. The molecule has 6 heteroatoms. The van der Waals surface area contributed by atoms with E-state index in [1.54, 1.807) is 0 Å². The number of Topliss-reactive ketones (excluding diaryl/α,β-unsaturated/α-hetero) is 3. The number of fused-ring (bicyclic) bond motifs is 1. The number of benzene rings is 1. The molecule has 4 unspecified atom stereocenters. The van der Waals surface area contributed by atoms with E-state index in [0.29, 0.717) is 25.7 Å². The number of hydrogen-bond donors (Lipinski definition) is 2. The maximum absolute atomic E-state index is 15.5. The molecule has 1 aromatic rings. The summed E-state index contributed by atoms with van der Waals surface area (Å²) in [5.74, 6) is -1.95. The van der Waals surface area contributed by atoms with Gasteiger partial charge in [0, 0.05) is 11.5 Å². The molecule has 4 rings (SSSR count). The minimum absolute atomic E-state index is 0.0401. The van der Waals surface area contributed by atoms with Crippen LogP contribution in [0.4, 0.5) is 0 Å². The topological polar surface area (TPSA) is 101 Å². The van der Waals surface area contributed by atoms with Crippen molar-refractivity contribution >= 4 is 17.3 Å². The molecule has 2 fully saturated rings. The van der Waals surface area contributed by atoms with Crippen LogP contribution in [0, 0.1) is 28.1 Å². The third-order valence-corrected chi connectivity index (χ3v) is 11.7. The predicted octanol–water partition coefficient (Wildman–Crippen LogP) is 10.3. The molecule has 0 aromatic heterocycles. The summed E-state index contributed by atoms with van der Waals surface area (Å²) < 4.78 is 6.88. The molecule has 1 saturated heterocycles. The largest absolute Gasteiger partial charge is 0.504 e. The van der Waals surface area contributed by atoms with E-state index in [2.05, 4.69) is 52.8 Å². The second-order valence-corrected chi connectivity index (χ2v) is 16.7. The highest BCUT2D eigenvalue weighted by atomic mass is 16.5. The lowest BCUT2D eigenvalue weighted by atomic mass is 9.39. The molecule has 6 nitrogen and oxygen atoms in total. The average Bonchev–Trinajstić information content (AvgIpc) is 2.99. The van der Waals surface area contributed by atoms with E-state index in [9.17, 15) is 15.0 Å². The summed E-state index contributed by atoms with van der Waals surface area (Å²) in [5, 5.41) is 20.4. The summed E-state index contributed by atoms with van der Waals surface area (Å²) in [6.07, 6.45) is 13.1. The van der Waals surface area contributed by atoms with Gasteiger partial charge in [0.2, 0.25) is 0 Å². The Kier molecular flexibility index (Phi) is 10.8. The van der Waals surface area contributed by atoms with Crippen LogP contribution >= 0.6 is 0 Å². The van der Waals surface area contributed by atoms with Gasteiger partial charge in [0.25, 0.3) is 0 Å². The molecule has 4 atom stereocenters. The van der Waals surface area contributed by atoms with Gasteiger partial charge in [-0.25, -0.2) is 0 Å². The molecule has 1 saturated carbocycles. The van der Waals surface area contributed by atoms with E-state index in [0.717, 1.165) is 18.4 Å². The Hall–Kier alpha value is -3.67. The Morgan fingerprint density at radius 1 is 0.816 bits per heavy atom. The lowest BCUT2D eigenvalue weighted by molar-refractivity contribution is -0.188. The average molecular weight is 671 g/mol. The van der Waals surface area contributed by atoms with Crippen molar-refractivity contribution in [3.8, 4) is 11.5 Å². The highest BCUT2D eigenvalue weighted by Crippen LogP contribution is 2.69. The standard InChI is InChI=1S/C43H58O6/c1-26(2)13-12-14-29(7)16-19-31-24-42-25-32(18-15-27(3)4)41(10,11)49-38(42)35(36(46)30-17-20-33(44)34(45)23-30)37(47)43(39(42)48,40(31,8)9)22-21-28(5)6/h13,15-17,20-21,23,31-32,44-45H,12,14,18-19,22,24-25H2,1-11H3. The molecule has 1 aromatic carbocycles. The van der Waals surface area contributed by atoms with Gasteiger partial charge in [-0.3, -0.25) is 14.4 Å². The zero-order valence-electron chi connectivity index (χ0n) is 31.7. The molecule has 3 aliphatic rings. The first kappa shape index (κ1) is 38.1. The molecule has 266 valence electrons. The van der Waals surface area contributed by atoms with Crippen molar-refractivity contribution in [1.29, 1.82) is 0 Å². The van der Waals surface area contributed by atoms with Crippen molar-refractivity contribution in [2.45, 2.75) is 127 Å². The molecule has 2 aliphatic carbocycles. The number of phenols is 2. The molecule has 2 bridgehead atoms. The Labute approximate surface area is 294 Å². The first-order valence-electron chi connectivity index (χ1n) is 17.9. The van der Waals surface area contributed by atoms with Crippen molar-refractivity contribution in [2.24, 2.45) is 28.1 Å². The molecular formula is C43H58O6. The number of ether oxygens (including phenoxy) is 1. The van der Waals surface area contributed by atoms with E-state index in [1.165, 1.54) is 34.9 Å². The van der Waals surface area contributed by atoms with Crippen LogP contribution in [0.5, 0.6) is 11.5 Å². The van der Waals surface area contributed by atoms with E-state index in [-0.39, 0.29) is 46.7 Å². The number of ketones is 3. The number of phenolic OH excluding ortho intramolecular Hbond substituents is 2. The summed E-state index contributed by atoms with van der Waals surface area (Å²) in [7, 11) is 0. The van der Waals surface area contributed by atoms with Gasteiger partial charge in [-0.15, -0.1) is 0 Å². The highest BCUT2D eigenvalue weighted by Gasteiger charge is 2.74. The zero-order chi connectivity index (χ0) is 36.7. The molecule has 1 aliphatic heterocycles. The molecule has 0 radical (unpaired) electrons. The fourth-order valence-corrected chi connectivity index (χ4v) is 8.37. The third kappa shape index (κ3) is 6.90. The van der Waals surface area contributed by atoms with Gasteiger partial charge in [-0.05, 0) is 137 Å². The third-order valence-electron chi connectivity index (χ3n) is 11.7. The zero-order valence-corrected chi connectivity index (χ0v) is 31.7. The summed E-state index contributed by atoms with van der Waals surface area (Å²) in [6.45, 7) is 22.5. The summed E-state index contributed by atoms with van der Waals surface area (Å²) in [5.41, 5.74) is 0.459. The Bertz CT molecular complexity index is 1660. The predicted molar refractivity (Wildman–Crippen MR) is 196 cm³/mol. The summed E-state index contributed by atoms with van der Waals surface area (Å²) >= 11 is 0. The van der Waals surface area contributed by atoms with Crippen LogP contribution in [0.1, 0.15) is 131 Å². The van der Waals surface area contributed by atoms with Crippen molar-refractivity contribution in [2.75, 3.05) is 0 Å². The van der Waals surface area contributed by atoms with Gasteiger partial charge in [0.1, 0.15) is 22.3 Å². The van der Waals surface area contributed by atoms with Gasteiger partial charge < -0.3 is 14.9 Å². The van der Waals surface area contributed by atoms with Crippen LogP contribution < -0.4 is 0 Å². The van der Waals surface area contributed by atoms with Crippen molar-refractivity contribution in [1.82, 2.24) is 0 Å². The Balaban J connectivity index is 2.02. The number of carbonyl (C=O) groups excluding carboxylic acids is 3. The van der Waals surface area contributed by atoms with E-state index in [1.807, 2.05) is 47.6 Å². The molecule has 1 heterocycles. The van der Waals surface area contributed by atoms with E-state index < -0.39 is 39.2 Å². The van der Waals surface area contributed by atoms with Gasteiger partial charge in [-0.1, -0.05) is 60.4 Å². The fourth-order valence-electron chi connectivity index (χ4n) is 8.37. The molecular weight excluding hydrogens is 612 g/mol. The molecule has 1 spiro atoms. The first-order valence-corrected chi connectivity index (χ1v) is 17.9. The normalized spacial score (nSPS) is 27.1. The van der Waals surface area contributed by atoms with Gasteiger partial charge >= 0.3 is 0 Å². The first-order chi connectivity index (χ1) is 22.7. The van der Waals surface area contributed by atoms with Crippen LogP contribution in [-0.2, 0) is 14.3 Å². The number of rotatable bonds is 11. The maximum Gasteiger partial charge on any atom is 0.200 e. The highest BCUT2D eigenvalue weighted by molar-refractivity contribution is 6.35. The van der Waals surface area contributed by atoms with Gasteiger partial charge in [0.15, 0.2) is 28.8 Å². The van der Waals surface area contributed by atoms with Crippen LogP contribution in [0.3, 0.4) is 0 Å². The monoisotopic (exact) mass is 670 g/mol. The van der Waals surface area contributed by atoms with E-state index in [4.69, 9.17) is 4.74 Å². The minimum atomic E-state index is -1.50. The smallest absolute Gasteiger partial charge is 0.200 e. The number of aromatic hydroxyl groups is 2. The summed E-state index contributed by atoms with van der Waals surface area (Å²) in [4.78, 5) is 45.5. The number of hydrogen-bond acceptors (Lipinski definition) is 6. The Morgan fingerprint density at radius 2 is 1.41 bits per heavy atom. The maximum atomic E-state index is 15.5.